The lowest BCUT2D eigenvalue weighted by Gasteiger charge is -2.22. The molecule has 1 N–H and O–H groups in total. The van der Waals surface area contributed by atoms with Crippen LogP contribution in [0.3, 0.4) is 0 Å². The van der Waals surface area contributed by atoms with Gasteiger partial charge in [-0.25, -0.2) is 0 Å². The van der Waals surface area contributed by atoms with E-state index in [0.29, 0.717) is 6.61 Å². The van der Waals surface area contributed by atoms with Gasteiger partial charge < -0.3 is 9.84 Å². The van der Waals surface area contributed by atoms with E-state index in [1.165, 1.54) is 0 Å². The first-order valence-electron chi connectivity index (χ1n) is 6.33. The van der Waals surface area contributed by atoms with Crippen molar-refractivity contribution in [3.63, 3.8) is 0 Å². The van der Waals surface area contributed by atoms with Crippen LogP contribution in [0.1, 0.15) is 13.3 Å². The third-order valence-electron chi connectivity index (χ3n) is 3.59. The van der Waals surface area contributed by atoms with Gasteiger partial charge in [0.05, 0.1) is 5.92 Å². The Balaban J connectivity index is 1.76. The van der Waals surface area contributed by atoms with Gasteiger partial charge in [-0.1, -0.05) is 18.2 Å². The maximum atomic E-state index is 11.0. The largest absolute Gasteiger partial charge is 0.492 e. The molecule has 1 saturated heterocycles. The molecule has 0 spiro atoms. The molecule has 1 fully saturated rings. The number of aliphatic carboxylic acids is 1. The Labute approximate surface area is 107 Å². The number of carboxylic acids is 1. The molecular formula is C14H19NO3. The van der Waals surface area contributed by atoms with Crippen LogP contribution in [-0.2, 0) is 4.79 Å². The number of nitrogens with zero attached hydrogens (tertiary/aromatic N) is 1. The summed E-state index contributed by atoms with van der Waals surface area (Å²) in [6.07, 6.45) is 0.738. The Bertz CT molecular complexity index is 393. The van der Waals surface area contributed by atoms with Crippen molar-refractivity contribution in [2.75, 3.05) is 19.7 Å². The smallest absolute Gasteiger partial charge is 0.308 e. The zero-order valence-corrected chi connectivity index (χ0v) is 10.6. The van der Waals surface area contributed by atoms with E-state index in [1.807, 2.05) is 37.3 Å². The van der Waals surface area contributed by atoms with E-state index < -0.39 is 5.97 Å². The minimum Gasteiger partial charge on any atom is -0.492 e. The summed E-state index contributed by atoms with van der Waals surface area (Å²) in [4.78, 5) is 13.2. The van der Waals surface area contributed by atoms with Gasteiger partial charge in [0.2, 0.25) is 0 Å². The highest BCUT2D eigenvalue weighted by Crippen LogP contribution is 2.23. The molecule has 1 aromatic rings. The molecule has 0 saturated carbocycles. The molecule has 1 aromatic carbocycles. The van der Waals surface area contributed by atoms with Crippen LogP contribution in [0.5, 0.6) is 5.75 Å². The third kappa shape index (κ3) is 3.01. The Morgan fingerprint density at radius 2 is 2.17 bits per heavy atom. The van der Waals surface area contributed by atoms with Gasteiger partial charge in [0.1, 0.15) is 12.4 Å². The molecule has 2 unspecified atom stereocenters. The summed E-state index contributed by atoms with van der Waals surface area (Å²) in [5.41, 5.74) is 0. The van der Waals surface area contributed by atoms with E-state index in [4.69, 9.17) is 9.84 Å². The van der Waals surface area contributed by atoms with Gasteiger partial charge in [0.25, 0.3) is 0 Å². The summed E-state index contributed by atoms with van der Waals surface area (Å²) in [5, 5.41) is 9.05. The topological polar surface area (TPSA) is 49.8 Å². The monoisotopic (exact) mass is 249 g/mol. The molecule has 18 heavy (non-hydrogen) atoms. The SMILES string of the molecule is CC1C(C(=O)O)CCN1CCOc1ccccc1. The predicted molar refractivity (Wildman–Crippen MR) is 68.7 cm³/mol. The molecule has 1 aliphatic heterocycles. The minimum atomic E-state index is -0.686. The van der Waals surface area contributed by atoms with Gasteiger partial charge in [0, 0.05) is 12.6 Å². The van der Waals surface area contributed by atoms with Gasteiger partial charge in [-0.05, 0) is 32.0 Å². The molecule has 0 aromatic heterocycles. The lowest BCUT2D eigenvalue weighted by Crippen LogP contribution is -2.35. The second kappa shape index (κ2) is 5.87. The lowest BCUT2D eigenvalue weighted by atomic mass is 10.0. The van der Waals surface area contributed by atoms with Gasteiger partial charge in [-0.3, -0.25) is 9.69 Å². The maximum Gasteiger partial charge on any atom is 0.308 e. The Morgan fingerprint density at radius 1 is 1.44 bits per heavy atom. The second-order valence-electron chi connectivity index (χ2n) is 4.67. The van der Waals surface area contributed by atoms with Crippen molar-refractivity contribution in [3.05, 3.63) is 30.3 Å². The summed E-state index contributed by atoms with van der Waals surface area (Å²) in [7, 11) is 0. The number of carboxylic acid groups (broad SMARTS) is 1. The average molecular weight is 249 g/mol. The van der Waals surface area contributed by atoms with Crippen LogP contribution >= 0.6 is 0 Å². The van der Waals surface area contributed by atoms with Crippen molar-refractivity contribution < 1.29 is 14.6 Å². The Hall–Kier alpha value is -1.55. The van der Waals surface area contributed by atoms with Crippen molar-refractivity contribution in [1.29, 1.82) is 0 Å². The highest BCUT2D eigenvalue weighted by molar-refractivity contribution is 5.71. The first-order valence-corrected chi connectivity index (χ1v) is 6.33. The molecule has 0 bridgehead atoms. The summed E-state index contributed by atoms with van der Waals surface area (Å²) in [6, 6.07) is 9.78. The van der Waals surface area contributed by atoms with E-state index in [-0.39, 0.29) is 12.0 Å². The van der Waals surface area contributed by atoms with Gasteiger partial charge >= 0.3 is 5.97 Å². The number of hydrogen-bond acceptors (Lipinski definition) is 3. The van der Waals surface area contributed by atoms with E-state index in [1.54, 1.807) is 0 Å². The quantitative estimate of drug-likeness (QED) is 0.865. The van der Waals surface area contributed by atoms with E-state index in [2.05, 4.69) is 4.90 Å². The number of benzene rings is 1. The lowest BCUT2D eigenvalue weighted by molar-refractivity contribution is -0.142. The van der Waals surface area contributed by atoms with Crippen molar-refractivity contribution in [2.45, 2.75) is 19.4 Å². The molecule has 1 heterocycles. The Morgan fingerprint density at radius 3 is 2.78 bits per heavy atom. The van der Waals surface area contributed by atoms with Crippen molar-refractivity contribution in [3.8, 4) is 5.75 Å². The fourth-order valence-electron chi connectivity index (χ4n) is 2.45. The summed E-state index contributed by atoms with van der Waals surface area (Å²) in [6.45, 7) is 4.20. The normalized spacial score (nSPS) is 24.1. The molecule has 0 amide bonds. The molecule has 4 heteroatoms. The summed E-state index contributed by atoms with van der Waals surface area (Å²) >= 11 is 0. The number of likely N-dealkylation sites (tertiary alicyclic amines) is 1. The fourth-order valence-corrected chi connectivity index (χ4v) is 2.45. The first kappa shape index (κ1) is 12.9. The van der Waals surface area contributed by atoms with Crippen LogP contribution in [0.25, 0.3) is 0 Å². The van der Waals surface area contributed by atoms with Gasteiger partial charge in [-0.2, -0.15) is 0 Å². The molecule has 0 radical (unpaired) electrons. The Kier molecular flexibility index (Phi) is 4.20. The van der Waals surface area contributed by atoms with Crippen LogP contribution in [-0.4, -0.2) is 41.7 Å². The third-order valence-corrected chi connectivity index (χ3v) is 3.59. The van der Waals surface area contributed by atoms with Gasteiger partial charge in [-0.15, -0.1) is 0 Å². The number of carbonyl (C=O) groups is 1. The van der Waals surface area contributed by atoms with E-state index in [9.17, 15) is 4.79 Å². The molecule has 98 valence electrons. The molecule has 2 rings (SSSR count). The number of rotatable bonds is 5. The van der Waals surface area contributed by atoms with E-state index in [0.717, 1.165) is 25.3 Å². The molecule has 1 aliphatic rings. The molecule has 4 nitrogen and oxygen atoms in total. The van der Waals surface area contributed by atoms with Gasteiger partial charge in [0.15, 0.2) is 0 Å². The highest BCUT2D eigenvalue weighted by Gasteiger charge is 2.35. The molecule has 2 atom stereocenters. The minimum absolute atomic E-state index is 0.0990. The van der Waals surface area contributed by atoms with Crippen LogP contribution < -0.4 is 4.74 Å². The van der Waals surface area contributed by atoms with Crippen LogP contribution in [0, 0.1) is 5.92 Å². The molecule has 0 aliphatic carbocycles. The highest BCUT2D eigenvalue weighted by atomic mass is 16.5. The van der Waals surface area contributed by atoms with Crippen molar-refractivity contribution >= 4 is 5.97 Å². The van der Waals surface area contributed by atoms with Crippen molar-refractivity contribution in [2.24, 2.45) is 5.92 Å². The maximum absolute atomic E-state index is 11.0. The standard InChI is InChI=1S/C14H19NO3/c1-11-13(14(16)17)7-8-15(11)9-10-18-12-5-3-2-4-6-12/h2-6,11,13H,7-10H2,1H3,(H,16,17). The van der Waals surface area contributed by atoms with Crippen LogP contribution in [0.2, 0.25) is 0 Å². The molecular weight excluding hydrogens is 230 g/mol. The number of ether oxygens (including phenoxy) is 1. The van der Waals surface area contributed by atoms with Crippen molar-refractivity contribution in [1.82, 2.24) is 4.90 Å². The average Bonchev–Trinajstić information content (AvgIpc) is 2.73. The second-order valence-corrected chi connectivity index (χ2v) is 4.67. The van der Waals surface area contributed by atoms with Crippen LogP contribution in [0.15, 0.2) is 30.3 Å². The summed E-state index contributed by atoms with van der Waals surface area (Å²) < 4.78 is 5.62. The van der Waals surface area contributed by atoms with E-state index >= 15 is 0 Å². The fraction of sp³-hybridized carbons (Fsp3) is 0.500. The zero-order chi connectivity index (χ0) is 13.0. The van der Waals surface area contributed by atoms with Crippen LogP contribution in [0.4, 0.5) is 0 Å². The zero-order valence-electron chi connectivity index (χ0n) is 10.6. The summed E-state index contributed by atoms with van der Waals surface area (Å²) in [5.74, 6) is -0.0603. The predicted octanol–water partition coefficient (Wildman–Crippen LogP) is 1.86. The first-order chi connectivity index (χ1) is 8.68. The number of para-hydroxylation sites is 1. The number of hydrogen-bond donors (Lipinski definition) is 1.